The maximum absolute atomic E-state index is 5.19. The number of nitrogens with one attached hydrogen (secondary N) is 1. The zero-order chi connectivity index (χ0) is 13.6. The summed E-state index contributed by atoms with van der Waals surface area (Å²) in [5.74, 6) is 0.924. The van der Waals surface area contributed by atoms with E-state index in [9.17, 15) is 0 Å². The van der Waals surface area contributed by atoms with Crippen LogP contribution in [0.1, 0.15) is 39.7 Å². The summed E-state index contributed by atoms with van der Waals surface area (Å²) < 4.78 is 5.19. The van der Waals surface area contributed by atoms with Gasteiger partial charge in [0.25, 0.3) is 0 Å². The Morgan fingerprint density at radius 2 is 1.78 bits per heavy atom. The molecule has 0 amide bonds. The molecule has 102 valence electrons. The molecule has 1 rings (SSSR count). The SMILES string of the molecule is CCCNC(Cc1ccc(OC)cc1)C(C)(C)C. The van der Waals surface area contributed by atoms with Gasteiger partial charge >= 0.3 is 0 Å². The van der Waals surface area contributed by atoms with Gasteiger partial charge in [-0.15, -0.1) is 0 Å². The highest BCUT2D eigenvalue weighted by Gasteiger charge is 2.23. The molecule has 1 N–H and O–H groups in total. The van der Waals surface area contributed by atoms with Gasteiger partial charge in [-0.2, -0.15) is 0 Å². The minimum atomic E-state index is 0.273. The summed E-state index contributed by atoms with van der Waals surface area (Å²) in [5, 5.41) is 3.66. The van der Waals surface area contributed by atoms with Crippen LogP contribution < -0.4 is 10.1 Å². The molecular formula is C16H27NO. The number of methoxy groups -OCH3 is 1. The third-order valence-electron chi connectivity index (χ3n) is 3.29. The number of rotatable bonds is 6. The van der Waals surface area contributed by atoms with Crippen molar-refractivity contribution in [2.75, 3.05) is 13.7 Å². The minimum absolute atomic E-state index is 0.273. The molecule has 1 atom stereocenters. The molecule has 0 bridgehead atoms. The first kappa shape index (κ1) is 15.0. The molecule has 2 nitrogen and oxygen atoms in total. The number of hydrogen-bond acceptors (Lipinski definition) is 2. The predicted octanol–water partition coefficient (Wildman–Crippen LogP) is 3.65. The number of ether oxygens (including phenoxy) is 1. The first-order valence-electron chi connectivity index (χ1n) is 6.83. The van der Waals surface area contributed by atoms with Crippen LogP contribution in [0.2, 0.25) is 0 Å². The van der Waals surface area contributed by atoms with Crippen LogP contribution in [0.4, 0.5) is 0 Å². The van der Waals surface area contributed by atoms with Crippen molar-refractivity contribution in [1.29, 1.82) is 0 Å². The van der Waals surface area contributed by atoms with Crippen molar-refractivity contribution in [3.8, 4) is 5.75 Å². The predicted molar refractivity (Wildman–Crippen MR) is 78.2 cm³/mol. The van der Waals surface area contributed by atoms with E-state index in [1.165, 1.54) is 12.0 Å². The smallest absolute Gasteiger partial charge is 0.118 e. The van der Waals surface area contributed by atoms with Crippen molar-refractivity contribution in [3.63, 3.8) is 0 Å². The highest BCUT2D eigenvalue weighted by atomic mass is 16.5. The van der Waals surface area contributed by atoms with Gasteiger partial charge < -0.3 is 10.1 Å². The fourth-order valence-corrected chi connectivity index (χ4v) is 2.00. The van der Waals surface area contributed by atoms with E-state index < -0.39 is 0 Å². The molecule has 0 aliphatic heterocycles. The Labute approximate surface area is 112 Å². The molecule has 0 aromatic heterocycles. The Kier molecular flexibility index (Phi) is 5.67. The van der Waals surface area contributed by atoms with Crippen molar-refractivity contribution in [2.45, 2.75) is 46.6 Å². The van der Waals surface area contributed by atoms with E-state index in [-0.39, 0.29) is 5.41 Å². The molecule has 0 aliphatic carbocycles. The summed E-state index contributed by atoms with van der Waals surface area (Å²) in [6.07, 6.45) is 2.24. The van der Waals surface area contributed by atoms with Gasteiger partial charge in [0.2, 0.25) is 0 Å². The lowest BCUT2D eigenvalue weighted by molar-refractivity contribution is 0.267. The standard InChI is InChI=1S/C16H27NO/c1-6-11-17-15(16(2,3)4)12-13-7-9-14(18-5)10-8-13/h7-10,15,17H,6,11-12H2,1-5H3. The van der Waals surface area contributed by atoms with Crippen molar-refractivity contribution in [3.05, 3.63) is 29.8 Å². The van der Waals surface area contributed by atoms with Crippen LogP contribution in [0.15, 0.2) is 24.3 Å². The second kappa shape index (κ2) is 6.79. The van der Waals surface area contributed by atoms with Gasteiger partial charge in [-0.3, -0.25) is 0 Å². The van der Waals surface area contributed by atoms with Crippen LogP contribution >= 0.6 is 0 Å². The van der Waals surface area contributed by atoms with Gasteiger partial charge in [0.1, 0.15) is 5.75 Å². The molecule has 0 fully saturated rings. The number of benzene rings is 1. The van der Waals surface area contributed by atoms with Gasteiger partial charge in [0, 0.05) is 6.04 Å². The third kappa shape index (κ3) is 4.69. The average Bonchev–Trinajstić information content (AvgIpc) is 2.34. The molecule has 2 heteroatoms. The molecule has 1 aromatic carbocycles. The summed E-state index contributed by atoms with van der Waals surface area (Å²) in [5.41, 5.74) is 1.63. The van der Waals surface area contributed by atoms with Crippen molar-refractivity contribution < 1.29 is 4.74 Å². The highest BCUT2D eigenvalue weighted by molar-refractivity contribution is 5.27. The quantitative estimate of drug-likeness (QED) is 0.831. The molecule has 0 heterocycles. The van der Waals surface area contributed by atoms with Crippen LogP contribution in [0, 0.1) is 5.41 Å². The molecule has 0 saturated heterocycles. The number of hydrogen-bond donors (Lipinski definition) is 1. The summed E-state index contributed by atoms with van der Waals surface area (Å²) in [6, 6.07) is 8.89. The first-order chi connectivity index (χ1) is 8.47. The topological polar surface area (TPSA) is 21.3 Å². The van der Waals surface area contributed by atoms with E-state index in [2.05, 4.69) is 45.1 Å². The molecule has 0 saturated carbocycles. The molecule has 0 radical (unpaired) electrons. The largest absolute Gasteiger partial charge is 0.497 e. The van der Waals surface area contributed by atoms with E-state index in [0.29, 0.717) is 6.04 Å². The van der Waals surface area contributed by atoms with Crippen molar-refractivity contribution in [1.82, 2.24) is 5.32 Å². The maximum atomic E-state index is 5.19. The summed E-state index contributed by atoms with van der Waals surface area (Å²) in [4.78, 5) is 0. The molecular weight excluding hydrogens is 222 g/mol. The fraction of sp³-hybridized carbons (Fsp3) is 0.625. The van der Waals surface area contributed by atoms with E-state index >= 15 is 0 Å². The Balaban J connectivity index is 2.69. The Bertz CT molecular complexity index is 337. The van der Waals surface area contributed by atoms with E-state index in [4.69, 9.17) is 4.74 Å². The lowest BCUT2D eigenvalue weighted by Crippen LogP contribution is -2.42. The zero-order valence-electron chi connectivity index (χ0n) is 12.4. The van der Waals surface area contributed by atoms with Crippen LogP contribution in [0.3, 0.4) is 0 Å². The second-order valence-corrected chi connectivity index (χ2v) is 5.92. The minimum Gasteiger partial charge on any atom is -0.497 e. The molecule has 1 aromatic rings. The van der Waals surface area contributed by atoms with Crippen LogP contribution in [0.5, 0.6) is 5.75 Å². The van der Waals surface area contributed by atoms with Gasteiger partial charge in [-0.05, 0) is 42.5 Å². The summed E-state index contributed by atoms with van der Waals surface area (Å²) >= 11 is 0. The van der Waals surface area contributed by atoms with Gasteiger partial charge in [-0.25, -0.2) is 0 Å². The summed E-state index contributed by atoms with van der Waals surface area (Å²) in [6.45, 7) is 10.2. The molecule has 18 heavy (non-hydrogen) atoms. The van der Waals surface area contributed by atoms with Gasteiger partial charge in [0.15, 0.2) is 0 Å². The third-order valence-corrected chi connectivity index (χ3v) is 3.29. The maximum Gasteiger partial charge on any atom is 0.118 e. The van der Waals surface area contributed by atoms with Crippen LogP contribution in [-0.2, 0) is 6.42 Å². The Morgan fingerprint density at radius 3 is 2.22 bits per heavy atom. The van der Waals surface area contributed by atoms with E-state index in [1.807, 2.05) is 12.1 Å². The van der Waals surface area contributed by atoms with Gasteiger partial charge in [0.05, 0.1) is 7.11 Å². The fourth-order valence-electron chi connectivity index (χ4n) is 2.00. The molecule has 1 unspecified atom stereocenters. The normalized spacial score (nSPS) is 13.4. The van der Waals surface area contributed by atoms with Crippen LogP contribution in [0.25, 0.3) is 0 Å². The first-order valence-corrected chi connectivity index (χ1v) is 6.83. The van der Waals surface area contributed by atoms with Crippen molar-refractivity contribution in [2.24, 2.45) is 5.41 Å². The van der Waals surface area contributed by atoms with E-state index in [0.717, 1.165) is 18.7 Å². The Morgan fingerprint density at radius 1 is 1.17 bits per heavy atom. The molecule has 0 spiro atoms. The monoisotopic (exact) mass is 249 g/mol. The summed E-state index contributed by atoms with van der Waals surface area (Å²) in [7, 11) is 1.70. The average molecular weight is 249 g/mol. The lowest BCUT2D eigenvalue weighted by Gasteiger charge is -2.32. The van der Waals surface area contributed by atoms with E-state index in [1.54, 1.807) is 7.11 Å². The zero-order valence-corrected chi connectivity index (χ0v) is 12.4. The highest BCUT2D eigenvalue weighted by Crippen LogP contribution is 2.23. The Hall–Kier alpha value is -1.02. The second-order valence-electron chi connectivity index (χ2n) is 5.92. The van der Waals surface area contributed by atoms with Crippen molar-refractivity contribution >= 4 is 0 Å². The lowest BCUT2D eigenvalue weighted by atomic mass is 9.83. The van der Waals surface area contributed by atoms with Crippen LogP contribution in [-0.4, -0.2) is 19.7 Å². The molecule has 0 aliphatic rings. The van der Waals surface area contributed by atoms with Gasteiger partial charge in [-0.1, -0.05) is 39.8 Å².